The van der Waals surface area contributed by atoms with E-state index in [0.717, 1.165) is 16.7 Å². The number of rotatable bonds is 11. The summed E-state index contributed by atoms with van der Waals surface area (Å²) in [6.45, 7) is 3.28. The lowest BCUT2D eigenvalue weighted by Gasteiger charge is -2.42. The molecular weight excluding hydrogens is 472 g/mol. The van der Waals surface area contributed by atoms with Crippen molar-refractivity contribution in [1.82, 2.24) is 0 Å². The molecule has 2 heterocycles. The van der Waals surface area contributed by atoms with Crippen LogP contribution in [0.4, 0.5) is 0 Å². The quantitative estimate of drug-likeness (QED) is 0.369. The van der Waals surface area contributed by atoms with Crippen molar-refractivity contribution in [3.8, 4) is 0 Å². The second kappa shape index (κ2) is 12.3. The summed E-state index contributed by atoms with van der Waals surface area (Å²) in [5, 5.41) is 0. The molecule has 0 aromatic heterocycles. The van der Waals surface area contributed by atoms with Crippen molar-refractivity contribution in [3.63, 3.8) is 0 Å². The first kappa shape index (κ1) is 26.0. The minimum atomic E-state index is -1.24. The summed E-state index contributed by atoms with van der Waals surface area (Å²) in [7, 11) is 1.54. The van der Waals surface area contributed by atoms with Crippen LogP contribution in [0.15, 0.2) is 91.0 Å². The van der Waals surface area contributed by atoms with Gasteiger partial charge in [0.1, 0.15) is 24.4 Å². The Morgan fingerprint density at radius 3 is 1.73 bits per heavy atom. The summed E-state index contributed by atoms with van der Waals surface area (Å²) < 4.78 is 43.2. The molecule has 2 aliphatic rings. The third-order valence-electron chi connectivity index (χ3n) is 6.61. The summed E-state index contributed by atoms with van der Waals surface area (Å²) in [6, 6.07) is 30.1. The zero-order valence-corrected chi connectivity index (χ0v) is 21.2. The molecule has 196 valence electrons. The molecule has 0 bridgehead atoms. The molecule has 0 radical (unpaired) electrons. The number of benzene rings is 3. The summed E-state index contributed by atoms with van der Waals surface area (Å²) in [6.07, 6.45) is -2.63. The maximum atomic E-state index is 6.50. The molecule has 5 rings (SSSR count). The Morgan fingerprint density at radius 1 is 0.676 bits per heavy atom. The lowest BCUT2D eigenvalue weighted by molar-refractivity contribution is -0.334. The van der Waals surface area contributed by atoms with Gasteiger partial charge in [0.25, 0.3) is 5.97 Å². The first-order valence-corrected chi connectivity index (χ1v) is 12.6. The van der Waals surface area contributed by atoms with Crippen LogP contribution in [0.5, 0.6) is 0 Å². The van der Waals surface area contributed by atoms with E-state index in [1.165, 1.54) is 0 Å². The lowest BCUT2D eigenvalue weighted by atomic mass is 9.98. The molecule has 2 saturated heterocycles. The van der Waals surface area contributed by atoms with E-state index in [1.807, 2.05) is 91.0 Å². The van der Waals surface area contributed by atoms with Crippen molar-refractivity contribution in [2.24, 2.45) is 0 Å². The van der Waals surface area contributed by atoms with Crippen molar-refractivity contribution in [1.29, 1.82) is 0 Å². The van der Waals surface area contributed by atoms with E-state index in [2.05, 4.69) is 0 Å². The van der Waals surface area contributed by atoms with Crippen LogP contribution < -0.4 is 0 Å². The van der Waals surface area contributed by atoms with Crippen LogP contribution in [0.1, 0.15) is 23.6 Å². The Bertz CT molecular complexity index is 1080. The second-order valence-electron chi connectivity index (χ2n) is 9.33. The van der Waals surface area contributed by atoms with Gasteiger partial charge in [0.15, 0.2) is 6.29 Å². The smallest absolute Gasteiger partial charge is 0.282 e. The van der Waals surface area contributed by atoms with E-state index in [0.29, 0.717) is 26.4 Å². The molecule has 0 unspecified atom stereocenters. The molecule has 7 nitrogen and oxygen atoms in total. The van der Waals surface area contributed by atoms with Gasteiger partial charge in [-0.3, -0.25) is 4.74 Å². The first-order valence-electron chi connectivity index (χ1n) is 12.6. The first-order chi connectivity index (χ1) is 18.1. The normalized spacial score (nSPS) is 29.2. The van der Waals surface area contributed by atoms with Gasteiger partial charge in [-0.15, -0.1) is 0 Å². The SMILES string of the molecule is CO[C@@]1(C)O[C@H]2O[C@H](COCc3ccccc3)[C@H](OCc3ccccc3)[C@H](OCc3ccccc3)[C@H]2O1. The average molecular weight is 507 g/mol. The van der Waals surface area contributed by atoms with Gasteiger partial charge in [-0.2, -0.15) is 0 Å². The fourth-order valence-electron chi connectivity index (χ4n) is 4.61. The molecule has 7 heteroatoms. The molecule has 0 N–H and O–H groups in total. The van der Waals surface area contributed by atoms with E-state index in [4.69, 9.17) is 33.2 Å². The molecule has 0 aliphatic carbocycles. The minimum absolute atomic E-state index is 0.301. The minimum Gasteiger partial charge on any atom is -0.374 e. The molecule has 0 saturated carbocycles. The van der Waals surface area contributed by atoms with Crippen molar-refractivity contribution < 1.29 is 33.2 Å². The van der Waals surface area contributed by atoms with Crippen LogP contribution in [-0.2, 0) is 53.0 Å². The highest BCUT2D eigenvalue weighted by Gasteiger charge is 2.57. The average Bonchev–Trinajstić information content (AvgIpc) is 3.29. The van der Waals surface area contributed by atoms with Crippen molar-refractivity contribution in [2.75, 3.05) is 13.7 Å². The second-order valence-corrected chi connectivity index (χ2v) is 9.33. The molecule has 3 aromatic carbocycles. The van der Waals surface area contributed by atoms with E-state index in [9.17, 15) is 0 Å². The van der Waals surface area contributed by atoms with Gasteiger partial charge >= 0.3 is 0 Å². The Labute approximate surface area is 218 Å². The summed E-state index contributed by atoms with van der Waals surface area (Å²) in [4.78, 5) is 0. The van der Waals surface area contributed by atoms with Crippen LogP contribution >= 0.6 is 0 Å². The summed E-state index contributed by atoms with van der Waals surface area (Å²) in [5.74, 6) is -1.24. The molecule has 2 aliphatic heterocycles. The zero-order chi connectivity index (χ0) is 25.5. The number of ether oxygens (including phenoxy) is 7. The molecule has 0 amide bonds. The van der Waals surface area contributed by atoms with Crippen LogP contribution in [0.25, 0.3) is 0 Å². The fraction of sp³-hybridized carbons (Fsp3) is 0.400. The topological polar surface area (TPSA) is 64.6 Å². The highest BCUT2D eigenvalue weighted by molar-refractivity contribution is 5.15. The Hall–Kier alpha value is -2.62. The molecule has 2 fully saturated rings. The van der Waals surface area contributed by atoms with Gasteiger partial charge in [0.05, 0.1) is 26.4 Å². The van der Waals surface area contributed by atoms with E-state index < -0.39 is 36.7 Å². The van der Waals surface area contributed by atoms with Crippen molar-refractivity contribution in [2.45, 2.75) is 63.4 Å². The highest BCUT2D eigenvalue weighted by Crippen LogP contribution is 2.39. The maximum absolute atomic E-state index is 6.50. The van der Waals surface area contributed by atoms with E-state index in [-0.39, 0.29) is 0 Å². The molecule has 3 aromatic rings. The largest absolute Gasteiger partial charge is 0.374 e. The fourth-order valence-corrected chi connectivity index (χ4v) is 4.61. The standard InChI is InChI=1S/C30H34O7/c1-30(31-2)36-28-27(34-20-24-16-10-5-11-17-24)26(33-19-23-14-8-4-9-15-23)25(35-29(28)37-30)21-32-18-22-12-6-3-7-13-22/h3-17,25-29H,18-21H2,1-2H3/t25-,26+,27+,28-,29-,30-/m1/s1. The Balaban J connectivity index is 1.36. The van der Waals surface area contributed by atoms with Gasteiger partial charge < -0.3 is 28.4 Å². The van der Waals surface area contributed by atoms with Gasteiger partial charge in [0, 0.05) is 14.0 Å². The highest BCUT2D eigenvalue weighted by atomic mass is 16.9. The van der Waals surface area contributed by atoms with E-state index in [1.54, 1.807) is 14.0 Å². The molecular formula is C30H34O7. The number of fused-ring (bicyclic) bond motifs is 1. The Morgan fingerprint density at radius 2 is 1.19 bits per heavy atom. The predicted molar refractivity (Wildman–Crippen MR) is 136 cm³/mol. The monoisotopic (exact) mass is 506 g/mol. The van der Waals surface area contributed by atoms with Crippen LogP contribution in [0.3, 0.4) is 0 Å². The number of methoxy groups -OCH3 is 1. The van der Waals surface area contributed by atoms with Gasteiger partial charge in [-0.05, 0) is 16.7 Å². The predicted octanol–water partition coefficient (Wildman–Crippen LogP) is 4.83. The van der Waals surface area contributed by atoms with Gasteiger partial charge in [-0.1, -0.05) is 91.0 Å². The maximum Gasteiger partial charge on any atom is 0.282 e. The van der Waals surface area contributed by atoms with Crippen LogP contribution in [0, 0.1) is 0 Å². The Kier molecular flexibility index (Phi) is 8.63. The van der Waals surface area contributed by atoms with Gasteiger partial charge in [0.2, 0.25) is 0 Å². The third-order valence-corrected chi connectivity index (χ3v) is 6.61. The van der Waals surface area contributed by atoms with Crippen molar-refractivity contribution in [3.05, 3.63) is 108 Å². The number of hydrogen-bond acceptors (Lipinski definition) is 7. The molecule has 6 atom stereocenters. The van der Waals surface area contributed by atoms with E-state index >= 15 is 0 Å². The molecule has 37 heavy (non-hydrogen) atoms. The zero-order valence-electron chi connectivity index (χ0n) is 21.2. The number of hydrogen-bond donors (Lipinski definition) is 0. The van der Waals surface area contributed by atoms with Crippen molar-refractivity contribution >= 4 is 0 Å². The summed E-state index contributed by atoms with van der Waals surface area (Å²) >= 11 is 0. The molecule has 0 spiro atoms. The lowest BCUT2D eigenvalue weighted by Crippen LogP contribution is -2.59. The van der Waals surface area contributed by atoms with Crippen LogP contribution in [-0.4, -0.2) is 50.4 Å². The summed E-state index contributed by atoms with van der Waals surface area (Å²) in [5.41, 5.74) is 3.19. The third kappa shape index (κ3) is 6.64. The van der Waals surface area contributed by atoms with Gasteiger partial charge in [-0.25, -0.2) is 0 Å². The van der Waals surface area contributed by atoms with Crippen LogP contribution in [0.2, 0.25) is 0 Å².